The van der Waals surface area contributed by atoms with Crippen molar-refractivity contribution in [2.75, 3.05) is 5.32 Å². The fourth-order valence-electron chi connectivity index (χ4n) is 2.82. The predicted octanol–water partition coefficient (Wildman–Crippen LogP) is 4.84. The highest BCUT2D eigenvalue weighted by Gasteiger charge is 2.20. The van der Waals surface area contributed by atoms with Crippen molar-refractivity contribution in [3.63, 3.8) is 0 Å². The summed E-state index contributed by atoms with van der Waals surface area (Å²) in [4.78, 5) is 0. The Labute approximate surface area is 124 Å². The number of hydrogen-bond acceptors (Lipinski definition) is 2. The summed E-state index contributed by atoms with van der Waals surface area (Å²) in [6.45, 7) is 2.00. The molecule has 0 bridgehead atoms. The second kappa shape index (κ2) is 5.37. The number of hydrogen-bond donors (Lipinski definition) is 2. The lowest BCUT2D eigenvalue weighted by Gasteiger charge is -2.27. The summed E-state index contributed by atoms with van der Waals surface area (Å²) in [5, 5.41) is 14.0. The van der Waals surface area contributed by atoms with Crippen molar-refractivity contribution >= 4 is 17.3 Å². The van der Waals surface area contributed by atoms with Crippen LogP contribution in [0, 0.1) is 6.92 Å². The summed E-state index contributed by atoms with van der Waals surface area (Å²) in [5.41, 5.74) is 4.64. The highest BCUT2D eigenvalue weighted by molar-refractivity contribution is 6.31. The van der Waals surface area contributed by atoms with Crippen molar-refractivity contribution in [1.29, 1.82) is 0 Å². The number of aromatic hydroxyl groups is 1. The van der Waals surface area contributed by atoms with E-state index in [1.165, 1.54) is 11.1 Å². The Morgan fingerprint density at radius 2 is 2.05 bits per heavy atom. The van der Waals surface area contributed by atoms with Gasteiger partial charge in [0.15, 0.2) is 0 Å². The maximum atomic E-state index is 9.70. The Hall–Kier alpha value is -1.67. The molecule has 0 radical (unpaired) electrons. The van der Waals surface area contributed by atoms with E-state index in [0.717, 1.165) is 35.5 Å². The van der Waals surface area contributed by atoms with Gasteiger partial charge in [-0.1, -0.05) is 23.7 Å². The third kappa shape index (κ3) is 2.61. The number of halogens is 1. The lowest BCUT2D eigenvalue weighted by Crippen LogP contribution is -2.17. The van der Waals surface area contributed by atoms with Crippen molar-refractivity contribution < 1.29 is 5.11 Å². The fraction of sp³-hybridized carbons (Fsp3) is 0.294. The van der Waals surface area contributed by atoms with Crippen molar-refractivity contribution in [1.82, 2.24) is 0 Å². The first-order chi connectivity index (χ1) is 9.63. The molecule has 0 amide bonds. The monoisotopic (exact) mass is 287 g/mol. The van der Waals surface area contributed by atoms with E-state index in [1.54, 1.807) is 6.07 Å². The molecule has 1 atom stereocenters. The summed E-state index contributed by atoms with van der Waals surface area (Å²) >= 11 is 6.18. The van der Waals surface area contributed by atoms with Gasteiger partial charge in [-0.05, 0) is 67.1 Å². The van der Waals surface area contributed by atoms with Crippen LogP contribution in [0.15, 0.2) is 36.4 Å². The Bertz CT molecular complexity index is 639. The molecule has 0 aromatic heterocycles. The molecule has 1 unspecified atom stereocenters. The Morgan fingerprint density at radius 1 is 1.20 bits per heavy atom. The molecule has 0 saturated heterocycles. The molecule has 3 heteroatoms. The van der Waals surface area contributed by atoms with E-state index < -0.39 is 0 Å². The highest BCUT2D eigenvalue weighted by Crippen LogP contribution is 2.35. The molecule has 0 aliphatic heterocycles. The number of benzene rings is 2. The second-order valence-electron chi connectivity index (χ2n) is 5.44. The molecule has 1 aliphatic rings. The van der Waals surface area contributed by atoms with Crippen LogP contribution in [0.3, 0.4) is 0 Å². The van der Waals surface area contributed by atoms with Gasteiger partial charge in [-0.25, -0.2) is 0 Å². The number of fused-ring (bicyclic) bond motifs is 1. The van der Waals surface area contributed by atoms with Gasteiger partial charge in [0.1, 0.15) is 5.75 Å². The van der Waals surface area contributed by atoms with Gasteiger partial charge in [-0.2, -0.15) is 0 Å². The van der Waals surface area contributed by atoms with Crippen LogP contribution >= 0.6 is 11.6 Å². The van der Waals surface area contributed by atoms with E-state index in [2.05, 4.69) is 11.4 Å². The van der Waals surface area contributed by atoms with Gasteiger partial charge in [0.2, 0.25) is 0 Å². The van der Waals surface area contributed by atoms with Crippen LogP contribution in [0.25, 0.3) is 0 Å². The quantitative estimate of drug-likeness (QED) is 0.828. The van der Waals surface area contributed by atoms with Crippen LogP contribution in [0.4, 0.5) is 5.69 Å². The topological polar surface area (TPSA) is 32.3 Å². The van der Waals surface area contributed by atoms with Gasteiger partial charge in [-0.15, -0.1) is 0 Å². The van der Waals surface area contributed by atoms with Crippen LogP contribution in [0.5, 0.6) is 5.75 Å². The molecular formula is C17H18ClNO. The van der Waals surface area contributed by atoms with Gasteiger partial charge in [0, 0.05) is 10.7 Å². The number of phenolic OH excluding ortho intramolecular Hbond substituents is 1. The molecule has 1 aliphatic carbocycles. The minimum absolute atomic E-state index is 0.240. The molecule has 0 fully saturated rings. The molecule has 0 saturated carbocycles. The molecule has 2 N–H and O–H groups in total. The molecule has 2 aromatic carbocycles. The summed E-state index contributed by atoms with van der Waals surface area (Å²) in [7, 11) is 0. The third-order valence-electron chi connectivity index (χ3n) is 3.96. The van der Waals surface area contributed by atoms with Crippen LogP contribution < -0.4 is 5.32 Å². The van der Waals surface area contributed by atoms with Crippen LogP contribution in [0.2, 0.25) is 5.02 Å². The zero-order valence-corrected chi connectivity index (χ0v) is 12.2. The van der Waals surface area contributed by atoms with E-state index in [4.69, 9.17) is 11.6 Å². The first kappa shape index (κ1) is 13.3. The summed E-state index contributed by atoms with van der Waals surface area (Å²) < 4.78 is 0. The second-order valence-corrected chi connectivity index (χ2v) is 5.84. The summed E-state index contributed by atoms with van der Waals surface area (Å²) in [6, 6.07) is 12.0. The van der Waals surface area contributed by atoms with Crippen LogP contribution in [-0.2, 0) is 6.42 Å². The largest absolute Gasteiger partial charge is 0.508 e. The molecule has 0 heterocycles. The minimum atomic E-state index is 0.240. The highest BCUT2D eigenvalue weighted by atomic mass is 35.5. The molecule has 20 heavy (non-hydrogen) atoms. The number of phenols is 1. The van der Waals surface area contributed by atoms with Crippen LogP contribution in [-0.4, -0.2) is 5.11 Å². The maximum Gasteiger partial charge on any atom is 0.115 e. The molecule has 2 aromatic rings. The standard InChI is InChI=1S/C17H18ClNO/c1-11-5-7-13(9-16(11)18)19-17-4-2-3-12-6-8-14(20)10-15(12)17/h5-10,17,19-20H,2-4H2,1H3. The average molecular weight is 288 g/mol. The zero-order valence-electron chi connectivity index (χ0n) is 11.5. The average Bonchev–Trinajstić information content (AvgIpc) is 2.44. The van der Waals surface area contributed by atoms with E-state index >= 15 is 0 Å². The Kier molecular flexibility index (Phi) is 3.58. The van der Waals surface area contributed by atoms with Gasteiger partial charge < -0.3 is 10.4 Å². The Balaban J connectivity index is 1.89. The van der Waals surface area contributed by atoms with Gasteiger partial charge in [0.05, 0.1) is 6.04 Å². The van der Waals surface area contributed by atoms with E-state index in [1.807, 2.05) is 31.2 Å². The smallest absolute Gasteiger partial charge is 0.115 e. The maximum absolute atomic E-state index is 9.70. The predicted molar refractivity (Wildman–Crippen MR) is 83.6 cm³/mol. The van der Waals surface area contributed by atoms with Crippen molar-refractivity contribution in [2.45, 2.75) is 32.2 Å². The van der Waals surface area contributed by atoms with Gasteiger partial charge >= 0.3 is 0 Å². The number of anilines is 1. The van der Waals surface area contributed by atoms with E-state index in [-0.39, 0.29) is 6.04 Å². The SMILES string of the molecule is Cc1ccc(NC2CCCc3ccc(O)cc32)cc1Cl. The lowest BCUT2D eigenvalue weighted by molar-refractivity contribution is 0.471. The van der Waals surface area contributed by atoms with Crippen molar-refractivity contribution in [2.24, 2.45) is 0 Å². The molecular weight excluding hydrogens is 270 g/mol. The van der Waals surface area contributed by atoms with E-state index in [9.17, 15) is 5.11 Å². The van der Waals surface area contributed by atoms with Crippen LogP contribution in [0.1, 0.15) is 35.6 Å². The van der Waals surface area contributed by atoms with Gasteiger partial charge in [0.25, 0.3) is 0 Å². The molecule has 0 spiro atoms. The fourth-order valence-corrected chi connectivity index (χ4v) is 3.00. The zero-order chi connectivity index (χ0) is 14.1. The first-order valence-corrected chi connectivity index (χ1v) is 7.36. The lowest BCUT2D eigenvalue weighted by atomic mass is 9.87. The van der Waals surface area contributed by atoms with Crippen molar-refractivity contribution in [3.8, 4) is 5.75 Å². The number of nitrogens with one attached hydrogen (secondary N) is 1. The minimum Gasteiger partial charge on any atom is -0.508 e. The van der Waals surface area contributed by atoms with Gasteiger partial charge in [-0.3, -0.25) is 0 Å². The molecule has 3 rings (SSSR count). The normalized spacial score (nSPS) is 17.6. The number of rotatable bonds is 2. The number of aryl methyl sites for hydroxylation is 2. The Morgan fingerprint density at radius 3 is 2.85 bits per heavy atom. The third-order valence-corrected chi connectivity index (χ3v) is 4.36. The van der Waals surface area contributed by atoms with Crippen molar-refractivity contribution in [3.05, 3.63) is 58.1 Å². The molecule has 2 nitrogen and oxygen atoms in total. The summed E-state index contributed by atoms with van der Waals surface area (Å²) in [6.07, 6.45) is 3.32. The van der Waals surface area contributed by atoms with E-state index in [0.29, 0.717) is 5.75 Å². The molecule has 104 valence electrons. The first-order valence-electron chi connectivity index (χ1n) is 6.98. The summed E-state index contributed by atoms with van der Waals surface area (Å²) in [5.74, 6) is 0.333.